The van der Waals surface area contributed by atoms with E-state index in [1.165, 1.54) is 38.6 Å². The first-order valence-corrected chi connectivity index (χ1v) is 8.57. The summed E-state index contributed by atoms with van der Waals surface area (Å²) in [5.74, 6) is 1.97. The number of aromatic nitrogens is 2. The summed E-state index contributed by atoms with van der Waals surface area (Å²) in [4.78, 5) is 7.11. The summed E-state index contributed by atoms with van der Waals surface area (Å²) in [6, 6.07) is 0. The maximum absolute atomic E-state index is 5.48. The van der Waals surface area contributed by atoms with Crippen LogP contribution in [0.15, 0.2) is 16.2 Å². The Morgan fingerprint density at radius 3 is 3.14 bits per heavy atom. The van der Waals surface area contributed by atoms with Crippen molar-refractivity contribution in [2.75, 3.05) is 33.4 Å². The lowest BCUT2D eigenvalue weighted by atomic mass is 9.95. The molecule has 1 aromatic heterocycles. The van der Waals surface area contributed by atoms with Crippen LogP contribution < -0.4 is 0 Å². The fourth-order valence-corrected chi connectivity index (χ4v) is 3.46. The van der Waals surface area contributed by atoms with Gasteiger partial charge in [0.1, 0.15) is 0 Å². The summed E-state index contributed by atoms with van der Waals surface area (Å²) in [7, 11) is 1.69. The molecular formula is C17H27N3O2. The van der Waals surface area contributed by atoms with Crippen molar-refractivity contribution in [2.45, 2.75) is 50.9 Å². The van der Waals surface area contributed by atoms with Gasteiger partial charge >= 0.3 is 0 Å². The Morgan fingerprint density at radius 1 is 1.36 bits per heavy atom. The van der Waals surface area contributed by atoms with Gasteiger partial charge in [-0.05, 0) is 45.1 Å². The number of allylic oxidation sites excluding steroid dienone is 1. The molecule has 2 heterocycles. The molecule has 22 heavy (non-hydrogen) atoms. The Morgan fingerprint density at radius 2 is 2.32 bits per heavy atom. The highest BCUT2D eigenvalue weighted by Crippen LogP contribution is 2.27. The molecule has 0 radical (unpaired) electrons. The third-order valence-corrected chi connectivity index (χ3v) is 4.68. The zero-order valence-electron chi connectivity index (χ0n) is 13.6. The lowest BCUT2D eigenvalue weighted by Gasteiger charge is -2.32. The molecule has 2 aliphatic rings. The molecule has 0 unspecified atom stereocenters. The van der Waals surface area contributed by atoms with E-state index in [1.807, 2.05) is 0 Å². The van der Waals surface area contributed by atoms with Crippen molar-refractivity contribution in [3.8, 4) is 0 Å². The molecule has 0 amide bonds. The van der Waals surface area contributed by atoms with Crippen molar-refractivity contribution in [1.82, 2.24) is 15.0 Å². The largest absolute Gasteiger partial charge is 0.384 e. The molecule has 0 N–H and O–H groups in total. The first-order chi connectivity index (χ1) is 10.8. The lowest BCUT2D eigenvalue weighted by Crippen LogP contribution is -2.36. The minimum Gasteiger partial charge on any atom is -0.384 e. The average molecular weight is 305 g/mol. The standard InChI is InChI=1S/C17H27N3O2/c1-21-11-9-16-18-17(22-19-16)15-8-5-10-20(13-15)12-14-6-3-2-4-7-14/h6,15H,2-5,7-13H2,1H3/t15-/m1/s1. The molecule has 1 aliphatic carbocycles. The highest BCUT2D eigenvalue weighted by atomic mass is 16.5. The van der Waals surface area contributed by atoms with Gasteiger partial charge in [-0.15, -0.1) is 0 Å². The van der Waals surface area contributed by atoms with Gasteiger partial charge in [0.15, 0.2) is 5.82 Å². The van der Waals surface area contributed by atoms with Crippen molar-refractivity contribution < 1.29 is 9.26 Å². The molecule has 0 aromatic carbocycles. The Bertz CT molecular complexity index is 498. The normalized spacial score (nSPS) is 23.5. The fraction of sp³-hybridized carbons (Fsp3) is 0.765. The van der Waals surface area contributed by atoms with Crippen LogP contribution in [0.4, 0.5) is 0 Å². The second-order valence-electron chi connectivity index (χ2n) is 6.47. The van der Waals surface area contributed by atoms with Gasteiger partial charge in [-0.25, -0.2) is 0 Å². The number of methoxy groups -OCH3 is 1. The fourth-order valence-electron chi connectivity index (χ4n) is 3.46. The van der Waals surface area contributed by atoms with Crippen molar-refractivity contribution >= 4 is 0 Å². The number of nitrogens with zero attached hydrogens (tertiary/aromatic N) is 3. The monoisotopic (exact) mass is 305 g/mol. The van der Waals surface area contributed by atoms with E-state index in [2.05, 4.69) is 21.1 Å². The van der Waals surface area contributed by atoms with E-state index in [1.54, 1.807) is 12.7 Å². The minimum atomic E-state index is 0.390. The van der Waals surface area contributed by atoms with Gasteiger partial charge in [0.2, 0.25) is 5.89 Å². The van der Waals surface area contributed by atoms with E-state index in [4.69, 9.17) is 9.26 Å². The molecule has 0 bridgehead atoms. The first-order valence-electron chi connectivity index (χ1n) is 8.57. The minimum absolute atomic E-state index is 0.390. The molecule has 1 saturated heterocycles. The summed E-state index contributed by atoms with van der Waals surface area (Å²) >= 11 is 0. The molecule has 1 atom stereocenters. The van der Waals surface area contributed by atoms with E-state index in [0.29, 0.717) is 12.5 Å². The predicted octanol–water partition coefficient (Wildman–Crippen LogP) is 2.94. The van der Waals surface area contributed by atoms with Gasteiger partial charge in [-0.1, -0.05) is 16.8 Å². The van der Waals surface area contributed by atoms with Gasteiger partial charge in [-0.2, -0.15) is 4.98 Å². The van der Waals surface area contributed by atoms with Crippen LogP contribution in [0, 0.1) is 0 Å². The van der Waals surface area contributed by atoms with E-state index in [0.717, 1.165) is 37.6 Å². The Kier molecular flexibility index (Phi) is 5.62. The molecule has 1 aromatic rings. The van der Waals surface area contributed by atoms with Crippen molar-refractivity contribution in [2.24, 2.45) is 0 Å². The number of hydrogen-bond donors (Lipinski definition) is 0. The van der Waals surface area contributed by atoms with Gasteiger partial charge < -0.3 is 9.26 Å². The summed E-state index contributed by atoms with van der Waals surface area (Å²) in [6.07, 6.45) is 10.8. The van der Waals surface area contributed by atoms with E-state index in [9.17, 15) is 0 Å². The molecule has 1 fully saturated rings. The second-order valence-corrected chi connectivity index (χ2v) is 6.47. The lowest BCUT2D eigenvalue weighted by molar-refractivity contribution is 0.195. The zero-order valence-corrected chi connectivity index (χ0v) is 13.6. The van der Waals surface area contributed by atoms with Crippen LogP contribution in [0.25, 0.3) is 0 Å². The van der Waals surface area contributed by atoms with Crippen LogP contribution in [-0.4, -0.2) is 48.4 Å². The van der Waals surface area contributed by atoms with Gasteiger partial charge in [0, 0.05) is 26.6 Å². The van der Waals surface area contributed by atoms with E-state index < -0.39 is 0 Å². The maximum atomic E-state index is 5.48. The van der Waals surface area contributed by atoms with Crippen LogP contribution in [0.2, 0.25) is 0 Å². The number of ether oxygens (including phenoxy) is 1. The molecule has 1 aliphatic heterocycles. The number of likely N-dealkylation sites (tertiary alicyclic amines) is 1. The van der Waals surface area contributed by atoms with Crippen LogP contribution in [0.1, 0.15) is 56.2 Å². The quantitative estimate of drug-likeness (QED) is 0.756. The van der Waals surface area contributed by atoms with Gasteiger partial charge in [0.05, 0.1) is 12.5 Å². The molecule has 5 heteroatoms. The van der Waals surface area contributed by atoms with Crippen LogP contribution in [-0.2, 0) is 11.2 Å². The third-order valence-electron chi connectivity index (χ3n) is 4.68. The van der Waals surface area contributed by atoms with Crippen molar-refractivity contribution in [3.63, 3.8) is 0 Å². The van der Waals surface area contributed by atoms with Crippen LogP contribution >= 0.6 is 0 Å². The summed E-state index contributed by atoms with van der Waals surface area (Å²) in [6.45, 7) is 4.01. The molecule has 3 rings (SSSR count). The summed E-state index contributed by atoms with van der Waals surface area (Å²) < 4.78 is 10.5. The first kappa shape index (κ1) is 15.7. The highest BCUT2D eigenvalue weighted by molar-refractivity contribution is 5.08. The zero-order chi connectivity index (χ0) is 15.2. The number of piperidine rings is 1. The maximum Gasteiger partial charge on any atom is 0.231 e. The topological polar surface area (TPSA) is 51.4 Å². The SMILES string of the molecule is COCCc1noc([C@@H]2CCCN(CC3=CCCCC3)C2)n1. The molecular weight excluding hydrogens is 278 g/mol. The number of hydrogen-bond acceptors (Lipinski definition) is 5. The summed E-state index contributed by atoms with van der Waals surface area (Å²) in [5, 5.41) is 4.07. The smallest absolute Gasteiger partial charge is 0.231 e. The van der Waals surface area contributed by atoms with E-state index in [-0.39, 0.29) is 0 Å². The van der Waals surface area contributed by atoms with Crippen LogP contribution in [0.3, 0.4) is 0 Å². The average Bonchev–Trinajstić information content (AvgIpc) is 3.03. The van der Waals surface area contributed by atoms with Crippen LogP contribution in [0.5, 0.6) is 0 Å². The second kappa shape index (κ2) is 7.88. The molecule has 0 spiro atoms. The summed E-state index contributed by atoms with van der Waals surface area (Å²) in [5.41, 5.74) is 1.62. The molecule has 122 valence electrons. The third kappa shape index (κ3) is 4.17. The van der Waals surface area contributed by atoms with E-state index >= 15 is 0 Å². The van der Waals surface area contributed by atoms with Crippen molar-refractivity contribution in [1.29, 1.82) is 0 Å². The molecule has 5 nitrogen and oxygen atoms in total. The van der Waals surface area contributed by atoms with Gasteiger partial charge in [0.25, 0.3) is 0 Å². The highest BCUT2D eigenvalue weighted by Gasteiger charge is 2.26. The predicted molar refractivity (Wildman–Crippen MR) is 84.8 cm³/mol. The Hall–Kier alpha value is -1.20. The molecule has 0 saturated carbocycles. The Labute approximate surface area is 132 Å². The van der Waals surface area contributed by atoms with Crippen molar-refractivity contribution in [3.05, 3.63) is 23.4 Å². The van der Waals surface area contributed by atoms with Gasteiger partial charge in [-0.3, -0.25) is 4.90 Å². The number of rotatable bonds is 6. The Balaban J connectivity index is 1.55.